The lowest BCUT2D eigenvalue weighted by atomic mass is 10.1. The van der Waals surface area contributed by atoms with Gasteiger partial charge < -0.3 is 14.0 Å². The molecule has 2 heterocycles. The first kappa shape index (κ1) is 10.1. The quantitative estimate of drug-likeness (QED) is 0.809. The molecular formula is C12H12N2O3. The van der Waals surface area contributed by atoms with Crippen molar-refractivity contribution in [2.24, 2.45) is 0 Å². The minimum Gasteiger partial charge on any atom is -0.454 e. The second-order valence-corrected chi connectivity index (χ2v) is 3.82. The van der Waals surface area contributed by atoms with Gasteiger partial charge in [-0.05, 0) is 17.7 Å². The van der Waals surface area contributed by atoms with E-state index in [4.69, 9.17) is 14.0 Å². The van der Waals surface area contributed by atoms with Crippen LogP contribution in [0, 0.1) is 0 Å². The van der Waals surface area contributed by atoms with Crippen molar-refractivity contribution in [1.82, 2.24) is 10.1 Å². The van der Waals surface area contributed by atoms with E-state index in [0.717, 1.165) is 29.3 Å². The summed E-state index contributed by atoms with van der Waals surface area (Å²) >= 11 is 0. The van der Waals surface area contributed by atoms with Gasteiger partial charge in [0.25, 0.3) is 0 Å². The third-order valence-electron chi connectivity index (χ3n) is 2.62. The highest BCUT2D eigenvalue weighted by atomic mass is 16.7. The number of benzene rings is 1. The highest BCUT2D eigenvalue weighted by Crippen LogP contribution is 2.32. The van der Waals surface area contributed by atoms with Crippen LogP contribution < -0.4 is 9.47 Å². The highest BCUT2D eigenvalue weighted by Gasteiger charge is 2.14. The Balaban J connectivity index is 1.80. The second kappa shape index (κ2) is 4.08. The van der Waals surface area contributed by atoms with Crippen LogP contribution in [0.1, 0.15) is 24.2 Å². The van der Waals surface area contributed by atoms with E-state index < -0.39 is 0 Å². The van der Waals surface area contributed by atoms with Crippen LogP contribution in [0.25, 0.3) is 0 Å². The summed E-state index contributed by atoms with van der Waals surface area (Å²) in [5, 5.41) is 3.86. The van der Waals surface area contributed by atoms with E-state index in [1.165, 1.54) is 0 Å². The van der Waals surface area contributed by atoms with Gasteiger partial charge in [0.05, 0.1) is 6.42 Å². The summed E-state index contributed by atoms with van der Waals surface area (Å²) in [6.07, 6.45) is 1.40. The van der Waals surface area contributed by atoms with E-state index in [0.29, 0.717) is 19.1 Å². The fourth-order valence-corrected chi connectivity index (χ4v) is 1.73. The first-order chi connectivity index (χ1) is 8.35. The molecule has 17 heavy (non-hydrogen) atoms. The summed E-state index contributed by atoms with van der Waals surface area (Å²) in [4.78, 5) is 4.27. The molecule has 0 aliphatic carbocycles. The molecule has 0 amide bonds. The van der Waals surface area contributed by atoms with Crippen molar-refractivity contribution in [2.45, 2.75) is 19.8 Å². The molecule has 0 N–H and O–H groups in total. The fraction of sp³-hybridized carbons (Fsp3) is 0.333. The molecule has 3 rings (SSSR count). The summed E-state index contributed by atoms with van der Waals surface area (Å²) in [6.45, 7) is 2.29. The minimum absolute atomic E-state index is 0.291. The molecule has 1 aromatic carbocycles. The van der Waals surface area contributed by atoms with Crippen molar-refractivity contribution in [3.63, 3.8) is 0 Å². The van der Waals surface area contributed by atoms with E-state index in [2.05, 4.69) is 10.1 Å². The van der Waals surface area contributed by atoms with E-state index in [1.807, 2.05) is 25.1 Å². The number of fused-ring (bicyclic) bond motifs is 1. The largest absolute Gasteiger partial charge is 0.454 e. The van der Waals surface area contributed by atoms with Crippen molar-refractivity contribution in [3.05, 3.63) is 35.5 Å². The van der Waals surface area contributed by atoms with E-state index >= 15 is 0 Å². The topological polar surface area (TPSA) is 57.4 Å². The van der Waals surface area contributed by atoms with Gasteiger partial charge in [0.2, 0.25) is 12.7 Å². The lowest BCUT2D eigenvalue weighted by Crippen LogP contribution is -1.93. The summed E-state index contributed by atoms with van der Waals surface area (Å²) in [7, 11) is 0. The van der Waals surface area contributed by atoms with Crippen molar-refractivity contribution in [2.75, 3.05) is 6.79 Å². The van der Waals surface area contributed by atoms with Gasteiger partial charge in [0, 0.05) is 6.42 Å². The number of nitrogens with zero attached hydrogens (tertiary/aromatic N) is 2. The van der Waals surface area contributed by atoms with Gasteiger partial charge in [-0.25, -0.2) is 0 Å². The Morgan fingerprint density at radius 3 is 2.94 bits per heavy atom. The third kappa shape index (κ3) is 1.95. The van der Waals surface area contributed by atoms with Crippen LogP contribution >= 0.6 is 0 Å². The molecule has 1 aliphatic heterocycles. The average Bonchev–Trinajstić information content (AvgIpc) is 2.96. The van der Waals surface area contributed by atoms with Gasteiger partial charge >= 0.3 is 0 Å². The summed E-state index contributed by atoms with van der Waals surface area (Å²) < 4.78 is 15.7. The lowest BCUT2D eigenvalue weighted by Gasteiger charge is -1.99. The van der Waals surface area contributed by atoms with Crippen LogP contribution in [-0.4, -0.2) is 16.9 Å². The minimum atomic E-state index is 0.291. The van der Waals surface area contributed by atoms with Gasteiger partial charge in [0.15, 0.2) is 17.3 Å². The molecule has 0 atom stereocenters. The molecule has 5 heteroatoms. The van der Waals surface area contributed by atoms with Crippen molar-refractivity contribution >= 4 is 0 Å². The van der Waals surface area contributed by atoms with Gasteiger partial charge in [-0.15, -0.1) is 0 Å². The molecular weight excluding hydrogens is 220 g/mol. The highest BCUT2D eigenvalue weighted by molar-refractivity contribution is 5.44. The number of hydrogen-bond acceptors (Lipinski definition) is 5. The lowest BCUT2D eigenvalue weighted by molar-refractivity contribution is 0.174. The SMILES string of the molecule is CCc1noc(Cc2ccc3c(c2)OCO3)n1. The molecule has 0 radical (unpaired) electrons. The Hall–Kier alpha value is -2.04. The monoisotopic (exact) mass is 232 g/mol. The predicted octanol–water partition coefficient (Wildman–Crippen LogP) is 1.95. The Labute approximate surface area is 98.4 Å². The molecule has 0 saturated heterocycles. The first-order valence-electron chi connectivity index (χ1n) is 5.55. The number of hydrogen-bond donors (Lipinski definition) is 0. The van der Waals surface area contributed by atoms with E-state index in [1.54, 1.807) is 0 Å². The van der Waals surface area contributed by atoms with Crippen LogP contribution in [0.4, 0.5) is 0 Å². The van der Waals surface area contributed by atoms with E-state index in [9.17, 15) is 0 Å². The molecule has 0 saturated carbocycles. The summed E-state index contributed by atoms with van der Waals surface area (Å²) in [6, 6.07) is 5.82. The molecule has 0 spiro atoms. The van der Waals surface area contributed by atoms with Gasteiger partial charge in [0.1, 0.15) is 0 Å². The molecule has 5 nitrogen and oxygen atoms in total. The molecule has 1 aromatic heterocycles. The Morgan fingerprint density at radius 1 is 1.24 bits per heavy atom. The molecule has 0 bridgehead atoms. The zero-order valence-electron chi connectivity index (χ0n) is 9.47. The molecule has 2 aromatic rings. The third-order valence-corrected chi connectivity index (χ3v) is 2.62. The maximum atomic E-state index is 5.31. The second-order valence-electron chi connectivity index (χ2n) is 3.82. The van der Waals surface area contributed by atoms with Crippen molar-refractivity contribution < 1.29 is 14.0 Å². The first-order valence-corrected chi connectivity index (χ1v) is 5.55. The molecule has 0 fully saturated rings. The molecule has 0 unspecified atom stereocenters. The van der Waals surface area contributed by atoms with Crippen LogP contribution in [-0.2, 0) is 12.8 Å². The normalized spacial score (nSPS) is 13.0. The smallest absolute Gasteiger partial charge is 0.231 e. The zero-order chi connectivity index (χ0) is 11.7. The van der Waals surface area contributed by atoms with Crippen LogP contribution in [0.3, 0.4) is 0 Å². The number of rotatable bonds is 3. The Bertz CT molecular complexity index is 536. The van der Waals surface area contributed by atoms with Crippen LogP contribution in [0.2, 0.25) is 0 Å². The average molecular weight is 232 g/mol. The molecule has 1 aliphatic rings. The van der Waals surface area contributed by atoms with Crippen molar-refractivity contribution in [3.8, 4) is 11.5 Å². The Kier molecular flexibility index (Phi) is 2.44. The predicted molar refractivity (Wildman–Crippen MR) is 59.0 cm³/mol. The zero-order valence-corrected chi connectivity index (χ0v) is 9.47. The van der Waals surface area contributed by atoms with E-state index in [-0.39, 0.29) is 0 Å². The fourth-order valence-electron chi connectivity index (χ4n) is 1.73. The van der Waals surface area contributed by atoms with Crippen LogP contribution in [0.5, 0.6) is 11.5 Å². The maximum Gasteiger partial charge on any atom is 0.231 e. The number of ether oxygens (including phenoxy) is 2. The summed E-state index contributed by atoms with van der Waals surface area (Å²) in [5.41, 5.74) is 1.07. The number of aromatic nitrogens is 2. The van der Waals surface area contributed by atoms with Gasteiger partial charge in [-0.2, -0.15) is 4.98 Å². The van der Waals surface area contributed by atoms with Gasteiger partial charge in [-0.1, -0.05) is 18.1 Å². The standard InChI is InChI=1S/C12H12N2O3/c1-2-11-13-12(17-14-11)6-8-3-4-9-10(5-8)16-7-15-9/h3-5H,2,6-7H2,1H3. The van der Waals surface area contributed by atoms with Gasteiger partial charge in [-0.3, -0.25) is 0 Å². The van der Waals surface area contributed by atoms with Crippen molar-refractivity contribution in [1.29, 1.82) is 0 Å². The number of aryl methyl sites for hydroxylation is 1. The Morgan fingerprint density at radius 2 is 2.12 bits per heavy atom. The maximum absolute atomic E-state index is 5.31. The summed E-state index contributed by atoms with van der Waals surface area (Å²) in [5.74, 6) is 2.92. The molecule has 88 valence electrons. The van der Waals surface area contributed by atoms with Crippen LogP contribution in [0.15, 0.2) is 22.7 Å².